The first-order chi connectivity index (χ1) is 12.1. The number of nitrogens with one attached hydrogen (secondary N) is 1. The maximum absolute atomic E-state index is 13.3. The number of hydrogen-bond acceptors (Lipinski definition) is 5. The molecule has 1 aromatic heterocycles. The third kappa shape index (κ3) is 2.92. The average molecular weight is 358 g/mol. The van der Waals surface area contributed by atoms with Gasteiger partial charge < -0.3 is 10.2 Å². The first-order valence-electron chi connectivity index (χ1n) is 8.54. The van der Waals surface area contributed by atoms with Crippen LogP contribution in [0.15, 0.2) is 47.6 Å². The highest BCUT2D eigenvalue weighted by Gasteiger charge is 2.35. The number of likely N-dealkylation sites (N-methyl/N-ethyl adjacent to an activating group) is 1. The van der Waals surface area contributed by atoms with Crippen molar-refractivity contribution in [1.82, 2.24) is 14.6 Å². The van der Waals surface area contributed by atoms with E-state index < -0.39 is 10.0 Å². The Morgan fingerprint density at radius 1 is 1.24 bits per heavy atom. The lowest BCUT2D eigenvalue weighted by Gasteiger charge is -2.35. The highest BCUT2D eigenvalue weighted by Crippen LogP contribution is 2.33. The fourth-order valence-corrected chi connectivity index (χ4v) is 5.28. The normalized spacial score (nSPS) is 21.3. The van der Waals surface area contributed by atoms with Crippen LogP contribution in [0.4, 0.5) is 5.69 Å². The zero-order chi connectivity index (χ0) is 17.4. The third-order valence-electron chi connectivity index (χ3n) is 5.05. The van der Waals surface area contributed by atoms with E-state index >= 15 is 0 Å². The van der Waals surface area contributed by atoms with Gasteiger partial charge in [-0.05, 0) is 35.7 Å². The summed E-state index contributed by atoms with van der Waals surface area (Å²) in [7, 11) is -1.56. The molecule has 132 valence electrons. The van der Waals surface area contributed by atoms with Crippen LogP contribution in [0, 0.1) is 0 Å². The molecular formula is C18H22N4O2S. The molecule has 1 saturated heterocycles. The van der Waals surface area contributed by atoms with Crippen LogP contribution >= 0.6 is 0 Å². The Kier molecular flexibility index (Phi) is 4.23. The van der Waals surface area contributed by atoms with Crippen LogP contribution in [-0.2, 0) is 16.4 Å². The van der Waals surface area contributed by atoms with Crippen LogP contribution in [0.1, 0.15) is 17.2 Å². The summed E-state index contributed by atoms with van der Waals surface area (Å²) in [6, 6.07) is 9.06. The fraction of sp³-hybridized carbons (Fsp3) is 0.389. The van der Waals surface area contributed by atoms with Crippen molar-refractivity contribution in [3.63, 3.8) is 0 Å². The Morgan fingerprint density at radius 2 is 2.12 bits per heavy atom. The van der Waals surface area contributed by atoms with Gasteiger partial charge in [0.15, 0.2) is 0 Å². The van der Waals surface area contributed by atoms with Crippen molar-refractivity contribution in [3.8, 4) is 0 Å². The molecule has 0 amide bonds. The molecule has 6 nitrogen and oxygen atoms in total. The van der Waals surface area contributed by atoms with Gasteiger partial charge in [0.2, 0.25) is 10.0 Å². The van der Waals surface area contributed by atoms with E-state index in [4.69, 9.17) is 0 Å². The van der Waals surface area contributed by atoms with E-state index in [1.165, 1.54) is 5.56 Å². The molecule has 0 saturated carbocycles. The van der Waals surface area contributed by atoms with E-state index in [9.17, 15) is 8.42 Å². The Bertz CT molecular complexity index is 870. The minimum Gasteiger partial charge on any atom is -0.374 e. The first kappa shape index (κ1) is 16.5. The number of hydrogen-bond donors (Lipinski definition) is 1. The summed E-state index contributed by atoms with van der Waals surface area (Å²) in [5.74, 6) is 0. The second-order valence-electron chi connectivity index (χ2n) is 6.58. The lowest BCUT2D eigenvalue weighted by molar-refractivity contribution is 0.271. The predicted molar refractivity (Wildman–Crippen MR) is 97.2 cm³/mol. The molecule has 0 spiro atoms. The van der Waals surface area contributed by atoms with Crippen molar-refractivity contribution in [2.45, 2.75) is 17.4 Å². The van der Waals surface area contributed by atoms with Gasteiger partial charge in [0, 0.05) is 51.3 Å². The maximum atomic E-state index is 13.3. The Hall–Kier alpha value is -1.96. The van der Waals surface area contributed by atoms with E-state index in [-0.39, 0.29) is 6.04 Å². The third-order valence-corrected chi connectivity index (χ3v) is 6.96. The van der Waals surface area contributed by atoms with Crippen molar-refractivity contribution in [1.29, 1.82) is 0 Å². The van der Waals surface area contributed by atoms with Crippen molar-refractivity contribution in [2.24, 2.45) is 0 Å². The van der Waals surface area contributed by atoms with Crippen LogP contribution in [0.3, 0.4) is 0 Å². The second-order valence-corrected chi connectivity index (χ2v) is 8.47. The molecule has 1 N–H and O–H groups in total. The van der Waals surface area contributed by atoms with E-state index in [0.717, 1.165) is 24.2 Å². The molecule has 4 rings (SSSR count). The molecule has 25 heavy (non-hydrogen) atoms. The van der Waals surface area contributed by atoms with Gasteiger partial charge in [-0.1, -0.05) is 12.1 Å². The van der Waals surface area contributed by atoms with Gasteiger partial charge in [0.25, 0.3) is 0 Å². The maximum Gasteiger partial charge on any atom is 0.243 e. The fourth-order valence-electron chi connectivity index (χ4n) is 3.65. The van der Waals surface area contributed by atoms with Crippen molar-refractivity contribution >= 4 is 15.7 Å². The molecule has 0 aliphatic carbocycles. The monoisotopic (exact) mass is 358 g/mol. The Balaban J connectivity index is 1.72. The minimum absolute atomic E-state index is 0.238. The van der Waals surface area contributed by atoms with Crippen LogP contribution in [0.5, 0.6) is 0 Å². The van der Waals surface area contributed by atoms with E-state index in [2.05, 4.69) is 15.2 Å². The molecule has 2 aliphatic heterocycles. The van der Waals surface area contributed by atoms with E-state index in [1.807, 2.05) is 31.3 Å². The van der Waals surface area contributed by atoms with Crippen LogP contribution < -0.4 is 10.2 Å². The highest BCUT2D eigenvalue weighted by atomic mass is 32.2. The SMILES string of the molecule is CN1CCc2ccc(S(=O)(=O)N3CCNCC3c3cccnc3)cc21. The van der Waals surface area contributed by atoms with Crippen molar-refractivity contribution in [3.05, 3.63) is 53.9 Å². The molecule has 1 unspecified atom stereocenters. The summed E-state index contributed by atoms with van der Waals surface area (Å²) in [5.41, 5.74) is 3.15. The Labute approximate surface area is 148 Å². The smallest absolute Gasteiger partial charge is 0.243 e. The number of piperazine rings is 1. The van der Waals surface area contributed by atoms with Gasteiger partial charge in [0.05, 0.1) is 10.9 Å². The minimum atomic E-state index is -3.57. The van der Waals surface area contributed by atoms with Gasteiger partial charge in [-0.25, -0.2) is 8.42 Å². The van der Waals surface area contributed by atoms with Crippen molar-refractivity contribution < 1.29 is 8.42 Å². The van der Waals surface area contributed by atoms with Crippen LogP contribution in [0.25, 0.3) is 0 Å². The molecule has 0 bridgehead atoms. The number of sulfonamides is 1. The molecule has 3 heterocycles. The number of fused-ring (bicyclic) bond motifs is 1. The molecule has 1 atom stereocenters. The summed E-state index contributed by atoms with van der Waals surface area (Å²) in [6.45, 7) is 2.64. The van der Waals surface area contributed by atoms with Crippen molar-refractivity contribution in [2.75, 3.05) is 38.1 Å². The van der Waals surface area contributed by atoms with E-state index in [0.29, 0.717) is 24.5 Å². The first-order valence-corrected chi connectivity index (χ1v) is 9.98. The molecule has 0 radical (unpaired) electrons. The summed E-state index contributed by atoms with van der Waals surface area (Å²) in [6.07, 6.45) is 4.42. The van der Waals surface area contributed by atoms with Gasteiger partial charge in [0.1, 0.15) is 0 Å². The quantitative estimate of drug-likeness (QED) is 0.899. The number of pyridine rings is 1. The van der Waals surface area contributed by atoms with E-state index in [1.54, 1.807) is 22.8 Å². The molecule has 1 aromatic carbocycles. The highest BCUT2D eigenvalue weighted by molar-refractivity contribution is 7.89. The second kappa shape index (κ2) is 6.40. The number of anilines is 1. The zero-order valence-electron chi connectivity index (χ0n) is 14.2. The molecule has 2 aliphatic rings. The predicted octanol–water partition coefficient (Wildman–Crippen LogP) is 1.41. The summed E-state index contributed by atoms with van der Waals surface area (Å²) in [4.78, 5) is 6.64. The van der Waals surface area contributed by atoms with Gasteiger partial charge in [-0.3, -0.25) is 4.98 Å². The number of benzene rings is 1. The van der Waals surface area contributed by atoms with Gasteiger partial charge in [-0.2, -0.15) is 4.31 Å². The molecular weight excluding hydrogens is 336 g/mol. The number of aromatic nitrogens is 1. The lowest BCUT2D eigenvalue weighted by Crippen LogP contribution is -2.48. The number of nitrogens with zero attached hydrogens (tertiary/aromatic N) is 3. The molecule has 7 heteroatoms. The summed E-state index contributed by atoms with van der Waals surface area (Å²) < 4.78 is 28.3. The molecule has 1 fully saturated rings. The Morgan fingerprint density at radius 3 is 2.92 bits per heavy atom. The topological polar surface area (TPSA) is 65.5 Å². The average Bonchev–Trinajstić information content (AvgIpc) is 3.03. The van der Waals surface area contributed by atoms with Gasteiger partial charge in [-0.15, -0.1) is 0 Å². The summed E-state index contributed by atoms with van der Waals surface area (Å²) >= 11 is 0. The number of rotatable bonds is 3. The lowest BCUT2D eigenvalue weighted by atomic mass is 10.1. The van der Waals surface area contributed by atoms with Crippen LogP contribution in [0.2, 0.25) is 0 Å². The molecule has 2 aromatic rings. The van der Waals surface area contributed by atoms with Gasteiger partial charge >= 0.3 is 0 Å². The zero-order valence-corrected chi connectivity index (χ0v) is 15.0. The van der Waals surface area contributed by atoms with Crippen LogP contribution in [-0.4, -0.2) is 50.9 Å². The standard InChI is InChI=1S/C18H22N4O2S/c1-21-9-6-14-4-5-16(11-17(14)21)25(23,24)22-10-8-20-13-18(22)15-3-2-7-19-12-15/h2-5,7,11-12,18,20H,6,8-10,13H2,1H3. The largest absolute Gasteiger partial charge is 0.374 e. The summed E-state index contributed by atoms with van der Waals surface area (Å²) in [5, 5.41) is 3.29.